The maximum absolute atomic E-state index is 12.1. The first kappa shape index (κ1) is 14.7. The molecular formula is C14H20N4OS. The van der Waals surface area contributed by atoms with Crippen molar-refractivity contribution in [1.82, 2.24) is 20.1 Å². The Labute approximate surface area is 123 Å². The van der Waals surface area contributed by atoms with E-state index in [0.717, 1.165) is 27.0 Å². The summed E-state index contributed by atoms with van der Waals surface area (Å²) < 4.78 is 1.72. The van der Waals surface area contributed by atoms with E-state index in [1.54, 1.807) is 16.0 Å². The largest absolute Gasteiger partial charge is 0.347 e. The van der Waals surface area contributed by atoms with Crippen molar-refractivity contribution < 1.29 is 4.79 Å². The molecule has 0 aliphatic carbocycles. The summed E-state index contributed by atoms with van der Waals surface area (Å²) in [6, 6.07) is 1.94. The third kappa shape index (κ3) is 3.25. The van der Waals surface area contributed by atoms with Gasteiger partial charge in [0.05, 0.1) is 22.4 Å². The number of nitrogens with zero attached hydrogens (tertiary/aromatic N) is 3. The number of hydrogen-bond acceptors (Lipinski definition) is 4. The van der Waals surface area contributed by atoms with E-state index in [0.29, 0.717) is 0 Å². The van der Waals surface area contributed by atoms with Gasteiger partial charge in [-0.15, -0.1) is 11.3 Å². The maximum Gasteiger partial charge on any atom is 0.242 e. The zero-order valence-corrected chi connectivity index (χ0v) is 13.3. The Morgan fingerprint density at radius 1 is 1.40 bits per heavy atom. The van der Waals surface area contributed by atoms with E-state index in [9.17, 15) is 4.79 Å². The summed E-state index contributed by atoms with van der Waals surface area (Å²) >= 11 is 1.63. The molecule has 0 aromatic carbocycles. The molecule has 0 saturated carbocycles. The molecule has 2 aromatic rings. The average Bonchev–Trinajstić information content (AvgIpc) is 2.81. The van der Waals surface area contributed by atoms with Crippen LogP contribution in [0.4, 0.5) is 0 Å². The van der Waals surface area contributed by atoms with Crippen LogP contribution in [0.25, 0.3) is 0 Å². The summed E-state index contributed by atoms with van der Waals surface area (Å²) in [6.45, 7) is 10.1. The lowest BCUT2D eigenvalue weighted by Crippen LogP contribution is -2.30. The van der Waals surface area contributed by atoms with Gasteiger partial charge in [0.15, 0.2) is 0 Å². The number of amides is 1. The van der Waals surface area contributed by atoms with Crippen LogP contribution in [0.15, 0.2) is 6.07 Å². The molecule has 20 heavy (non-hydrogen) atoms. The number of nitrogens with one attached hydrogen (secondary N) is 1. The number of aryl methyl sites for hydroxylation is 4. The Kier molecular flexibility index (Phi) is 4.23. The predicted molar refractivity (Wildman–Crippen MR) is 79.8 cm³/mol. The third-order valence-corrected chi connectivity index (χ3v) is 4.36. The van der Waals surface area contributed by atoms with Crippen molar-refractivity contribution >= 4 is 17.2 Å². The zero-order chi connectivity index (χ0) is 14.9. The molecule has 2 heterocycles. The van der Waals surface area contributed by atoms with E-state index in [1.807, 2.05) is 40.7 Å². The maximum atomic E-state index is 12.1. The minimum absolute atomic E-state index is 0.0225. The Morgan fingerprint density at radius 3 is 2.60 bits per heavy atom. The lowest BCUT2D eigenvalue weighted by molar-refractivity contribution is -0.122. The molecule has 0 aliphatic rings. The highest BCUT2D eigenvalue weighted by Gasteiger charge is 2.16. The van der Waals surface area contributed by atoms with Crippen LogP contribution >= 0.6 is 11.3 Å². The number of thiazole rings is 1. The number of aromatic nitrogens is 3. The van der Waals surface area contributed by atoms with Crippen molar-refractivity contribution in [3.63, 3.8) is 0 Å². The van der Waals surface area contributed by atoms with E-state index in [1.165, 1.54) is 0 Å². The summed E-state index contributed by atoms with van der Waals surface area (Å²) in [5, 5.41) is 8.33. The molecule has 1 atom stereocenters. The minimum atomic E-state index is -0.0332. The molecule has 1 amide bonds. The quantitative estimate of drug-likeness (QED) is 0.941. The molecule has 0 spiro atoms. The number of rotatable bonds is 4. The number of hydrogen-bond donors (Lipinski definition) is 1. The van der Waals surface area contributed by atoms with Crippen LogP contribution < -0.4 is 5.32 Å². The monoisotopic (exact) mass is 292 g/mol. The van der Waals surface area contributed by atoms with Gasteiger partial charge in [-0.3, -0.25) is 9.48 Å². The fraction of sp³-hybridized carbons (Fsp3) is 0.500. The molecule has 0 radical (unpaired) electrons. The van der Waals surface area contributed by atoms with Crippen molar-refractivity contribution in [1.29, 1.82) is 0 Å². The van der Waals surface area contributed by atoms with E-state index < -0.39 is 0 Å². The van der Waals surface area contributed by atoms with Gasteiger partial charge in [-0.1, -0.05) is 0 Å². The van der Waals surface area contributed by atoms with Gasteiger partial charge >= 0.3 is 0 Å². The van der Waals surface area contributed by atoms with Crippen molar-refractivity contribution in [2.45, 2.75) is 47.2 Å². The molecule has 6 heteroatoms. The van der Waals surface area contributed by atoms with E-state index in [4.69, 9.17) is 0 Å². The third-order valence-electron chi connectivity index (χ3n) is 3.11. The zero-order valence-electron chi connectivity index (χ0n) is 12.5. The van der Waals surface area contributed by atoms with Gasteiger partial charge in [-0.25, -0.2) is 4.98 Å². The summed E-state index contributed by atoms with van der Waals surface area (Å²) in [7, 11) is 0. The van der Waals surface area contributed by atoms with Crippen molar-refractivity contribution in [3.05, 3.63) is 33.0 Å². The molecule has 1 unspecified atom stereocenters. The smallest absolute Gasteiger partial charge is 0.242 e. The molecule has 0 fully saturated rings. The topological polar surface area (TPSA) is 59.8 Å². The fourth-order valence-corrected chi connectivity index (χ4v) is 3.20. The summed E-state index contributed by atoms with van der Waals surface area (Å²) in [5.41, 5.74) is 2.92. The second kappa shape index (κ2) is 5.75. The van der Waals surface area contributed by atoms with Crippen LogP contribution in [0, 0.1) is 27.7 Å². The van der Waals surface area contributed by atoms with Crippen LogP contribution in [0.3, 0.4) is 0 Å². The van der Waals surface area contributed by atoms with Crippen LogP contribution in [0.5, 0.6) is 0 Å². The van der Waals surface area contributed by atoms with Gasteiger partial charge in [0.2, 0.25) is 5.91 Å². The molecule has 0 bridgehead atoms. The molecule has 5 nitrogen and oxygen atoms in total. The SMILES string of the molecule is Cc1cc(C)n(CC(=O)NC(C)c2sc(C)nc2C)n1. The Balaban J connectivity index is 2.01. The van der Waals surface area contributed by atoms with Gasteiger partial charge in [-0.05, 0) is 40.7 Å². The summed E-state index contributed by atoms with van der Waals surface area (Å²) in [4.78, 5) is 17.6. The van der Waals surface area contributed by atoms with Crippen LogP contribution in [-0.4, -0.2) is 20.7 Å². The molecule has 2 rings (SSSR count). The second-order valence-corrected chi connectivity index (χ2v) is 6.29. The Hall–Kier alpha value is -1.69. The van der Waals surface area contributed by atoms with Gasteiger partial charge in [0.25, 0.3) is 0 Å². The summed E-state index contributed by atoms with van der Waals surface area (Å²) in [5.74, 6) is -0.0332. The van der Waals surface area contributed by atoms with E-state index in [2.05, 4.69) is 15.4 Å². The molecular weight excluding hydrogens is 272 g/mol. The molecule has 1 N–H and O–H groups in total. The molecule has 2 aromatic heterocycles. The van der Waals surface area contributed by atoms with Crippen molar-refractivity contribution in [2.24, 2.45) is 0 Å². The van der Waals surface area contributed by atoms with Crippen molar-refractivity contribution in [3.8, 4) is 0 Å². The lowest BCUT2D eigenvalue weighted by atomic mass is 10.2. The highest BCUT2D eigenvalue weighted by molar-refractivity contribution is 7.11. The standard InChI is InChI=1S/C14H20N4OS/c1-8-6-9(2)18(17-8)7-13(19)16-11(4)14-10(3)15-12(5)20-14/h6,11H,7H2,1-5H3,(H,16,19). The van der Waals surface area contributed by atoms with Gasteiger partial charge < -0.3 is 5.32 Å². The number of carbonyl (C=O) groups is 1. The molecule has 0 saturated heterocycles. The average molecular weight is 292 g/mol. The van der Waals surface area contributed by atoms with E-state index >= 15 is 0 Å². The minimum Gasteiger partial charge on any atom is -0.347 e. The molecule has 0 aliphatic heterocycles. The highest BCUT2D eigenvalue weighted by atomic mass is 32.1. The lowest BCUT2D eigenvalue weighted by Gasteiger charge is -2.13. The Morgan fingerprint density at radius 2 is 2.10 bits per heavy atom. The summed E-state index contributed by atoms with van der Waals surface area (Å²) in [6.07, 6.45) is 0. The van der Waals surface area contributed by atoms with Crippen LogP contribution in [0.2, 0.25) is 0 Å². The first-order valence-corrected chi connectivity index (χ1v) is 7.43. The first-order chi connectivity index (χ1) is 9.36. The second-order valence-electron chi connectivity index (χ2n) is 5.06. The normalized spacial score (nSPS) is 12.4. The van der Waals surface area contributed by atoms with E-state index in [-0.39, 0.29) is 18.5 Å². The Bertz CT molecular complexity index is 629. The van der Waals surface area contributed by atoms with Crippen LogP contribution in [-0.2, 0) is 11.3 Å². The van der Waals surface area contributed by atoms with Gasteiger partial charge in [0, 0.05) is 10.6 Å². The highest BCUT2D eigenvalue weighted by Crippen LogP contribution is 2.24. The predicted octanol–water partition coefficient (Wildman–Crippen LogP) is 2.45. The number of carbonyl (C=O) groups excluding carboxylic acids is 1. The van der Waals surface area contributed by atoms with Crippen LogP contribution in [0.1, 0.15) is 39.9 Å². The van der Waals surface area contributed by atoms with Gasteiger partial charge in [0.1, 0.15) is 6.54 Å². The van der Waals surface area contributed by atoms with Crippen molar-refractivity contribution in [2.75, 3.05) is 0 Å². The molecule has 108 valence electrons. The first-order valence-electron chi connectivity index (χ1n) is 6.61. The van der Waals surface area contributed by atoms with Gasteiger partial charge in [-0.2, -0.15) is 5.10 Å². The fourth-order valence-electron chi connectivity index (χ4n) is 2.27.